The Morgan fingerprint density at radius 3 is 2.76 bits per heavy atom. The molecule has 1 N–H and O–H groups in total. The van der Waals surface area contributed by atoms with Gasteiger partial charge in [-0.2, -0.15) is 0 Å². The minimum Gasteiger partial charge on any atom is -0.445 e. The highest BCUT2D eigenvalue weighted by Crippen LogP contribution is 2.49. The van der Waals surface area contributed by atoms with E-state index >= 15 is 0 Å². The fraction of sp³-hybridized carbons (Fsp3) is 0.429. The molecule has 0 aromatic heterocycles. The number of esters is 1. The highest BCUT2D eigenvalue weighted by Gasteiger charge is 2.48. The second-order valence-electron chi connectivity index (χ2n) is 9.46. The van der Waals surface area contributed by atoms with Crippen molar-refractivity contribution in [1.82, 2.24) is 10.2 Å². The first-order chi connectivity index (χ1) is 16.5. The average molecular weight is 463 g/mol. The van der Waals surface area contributed by atoms with Crippen molar-refractivity contribution in [2.24, 2.45) is 5.92 Å². The molecule has 1 aliphatic carbocycles. The molecule has 0 unspecified atom stereocenters. The summed E-state index contributed by atoms with van der Waals surface area (Å²) in [7, 11) is 0. The maximum Gasteiger partial charge on any atom is 0.407 e. The van der Waals surface area contributed by atoms with Crippen LogP contribution in [0.25, 0.3) is 0 Å². The first-order valence-corrected chi connectivity index (χ1v) is 12.1. The average Bonchev–Trinajstić information content (AvgIpc) is 2.83. The van der Waals surface area contributed by atoms with Gasteiger partial charge in [0, 0.05) is 31.5 Å². The number of benzene rings is 2. The minimum absolute atomic E-state index is 0.0304. The Labute approximate surface area is 201 Å². The Morgan fingerprint density at radius 2 is 2.00 bits per heavy atom. The molecule has 4 rings (SSSR count). The summed E-state index contributed by atoms with van der Waals surface area (Å²) in [6, 6.07) is 17.7. The van der Waals surface area contributed by atoms with Crippen molar-refractivity contribution in [1.29, 1.82) is 0 Å². The summed E-state index contributed by atoms with van der Waals surface area (Å²) in [6.45, 7) is 8.43. The van der Waals surface area contributed by atoms with Crippen molar-refractivity contribution < 1.29 is 19.1 Å². The lowest BCUT2D eigenvalue weighted by molar-refractivity contribution is -0.131. The van der Waals surface area contributed by atoms with E-state index in [1.165, 1.54) is 12.5 Å². The molecule has 0 bridgehead atoms. The summed E-state index contributed by atoms with van der Waals surface area (Å²) in [4.78, 5) is 26.6. The largest absolute Gasteiger partial charge is 0.445 e. The number of likely N-dealkylation sites (tertiary alicyclic amines) is 1. The normalized spacial score (nSPS) is 24.5. The highest BCUT2D eigenvalue weighted by molar-refractivity contribution is 5.69. The quantitative estimate of drug-likeness (QED) is 0.362. The molecule has 2 aromatic carbocycles. The van der Waals surface area contributed by atoms with Gasteiger partial charge in [-0.3, -0.25) is 9.69 Å². The lowest BCUT2D eigenvalue weighted by atomic mass is 9.58. The van der Waals surface area contributed by atoms with Crippen LogP contribution in [-0.2, 0) is 21.6 Å². The number of piperidine rings is 1. The standard InChI is InChI=1S/C28H34N2O4/c1-3-15-30-16-14-28(23-10-7-11-26(17-23)34-21(2)31)18-25(13-12-24(28)19-30)29-27(32)33-20-22-8-5-4-6-9-22/h3-11,17,24-25H,1,12-16,18-20H2,2H3,(H,29,32)/t24-,25+,28+/m1/s1. The zero-order valence-corrected chi connectivity index (χ0v) is 19.9. The molecule has 2 aromatic rings. The van der Waals surface area contributed by atoms with E-state index in [-0.39, 0.29) is 30.1 Å². The number of carbonyl (C=O) groups is 2. The number of amides is 1. The summed E-state index contributed by atoms with van der Waals surface area (Å²) in [5.74, 6) is 0.701. The third-order valence-corrected chi connectivity index (χ3v) is 7.20. The maximum atomic E-state index is 12.6. The third kappa shape index (κ3) is 5.68. The number of alkyl carbamates (subject to hydrolysis) is 1. The van der Waals surface area contributed by atoms with Crippen LogP contribution in [0.5, 0.6) is 5.75 Å². The van der Waals surface area contributed by atoms with Gasteiger partial charge in [-0.25, -0.2) is 4.79 Å². The fourth-order valence-corrected chi connectivity index (χ4v) is 5.66. The van der Waals surface area contributed by atoms with Crippen molar-refractivity contribution in [3.8, 4) is 5.75 Å². The number of carbonyl (C=O) groups excluding carboxylic acids is 2. The zero-order valence-electron chi connectivity index (χ0n) is 19.9. The molecular formula is C28H34N2O4. The maximum absolute atomic E-state index is 12.6. The zero-order chi connectivity index (χ0) is 24.0. The Kier molecular flexibility index (Phi) is 7.68. The van der Waals surface area contributed by atoms with Gasteiger partial charge in [-0.15, -0.1) is 6.58 Å². The number of rotatable bonds is 7. The van der Waals surface area contributed by atoms with Crippen LogP contribution in [0.1, 0.15) is 43.7 Å². The van der Waals surface area contributed by atoms with Gasteiger partial charge in [0.05, 0.1) is 0 Å². The van der Waals surface area contributed by atoms with Gasteiger partial charge in [0.1, 0.15) is 12.4 Å². The van der Waals surface area contributed by atoms with E-state index in [4.69, 9.17) is 9.47 Å². The van der Waals surface area contributed by atoms with Crippen molar-refractivity contribution in [2.75, 3.05) is 19.6 Å². The van der Waals surface area contributed by atoms with Gasteiger partial charge in [0.25, 0.3) is 0 Å². The molecule has 3 atom stereocenters. The van der Waals surface area contributed by atoms with Crippen molar-refractivity contribution in [3.05, 3.63) is 78.4 Å². The van der Waals surface area contributed by atoms with E-state index in [9.17, 15) is 9.59 Å². The van der Waals surface area contributed by atoms with Crippen LogP contribution >= 0.6 is 0 Å². The van der Waals surface area contributed by atoms with Crippen molar-refractivity contribution in [3.63, 3.8) is 0 Å². The predicted molar refractivity (Wildman–Crippen MR) is 132 cm³/mol. The first-order valence-electron chi connectivity index (χ1n) is 12.1. The highest BCUT2D eigenvalue weighted by atomic mass is 16.5. The summed E-state index contributed by atoms with van der Waals surface area (Å²) in [6.07, 6.45) is 5.33. The molecule has 1 aliphatic heterocycles. The van der Waals surface area contributed by atoms with Crippen LogP contribution in [0.3, 0.4) is 0 Å². The van der Waals surface area contributed by atoms with E-state index in [1.54, 1.807) is 0 Å². The molecule has 2 fully saturated rings. The molecule has 34 heavy (non-hydrogen) atoms. The van der Waals surface area contributed by atoms with Crippen LogP contribution in [-0.4, -0.2) is 42.6 Å². The second-order valence-corrected chi connectivity index (χ2v) is 9.46. The number of ether oxygens (including phenoxy) is 2. The van der Waals surface area contributed by atoms with Gasteiger partial charge < -0.3 is 14.8 Å². The van der Waals surface area contributed by atoms with Crippen LogP contribution in [0.4, 0.5) is 4.79 Å². The fourth-order valence-electron chi connectivity index (χ4n) is 5.66. The van der Waals surface area contributed by atoms with Gasteiger partial charge in [0.2, 0.25) is 0 Å². The van der Waals surface area contributed by atoms with Gasteiger partial charge in [0.15, 0.2) is 0 Å². The molecule has 6 heteroatoms. The molecule has 1 amide bonds. The predicted octanol–water partition coefficient (Wildman–Crippen LogP) is 4.84. The van der Waals surface area contributed by atoms with Crippen LogP contribution in [0.2, 0.25) is 0 Å². The number of nitrogens with zero attached hydrogens (tertiary/aromatic N) is 1. The van der Waals surface area contributed by atoms with E-state index in [0.29, 0.717) is 11.7 Å². The molecule has 0 radical (unpaired) electrons. The molecule has 0 spiro atoms. The summed E-state index contributed by atoms with van der Waals surface area (Å²) >= 11 is 0. The number of fused-ring (bicyclic) bond motifs is 1. The number of hydrogen-bond donors (Lipinski definition) is 1. The molecule has 1 saturated carbocycles. The Hall–Kier alpha value is -3.12. The molecule has 2 aliphatic rings. The molecule has 1 saturated heterocycles. The monoisotopic (exact) mass is 462 g/mol. The summed E-state index contributed by atoms with van der Waals surface area (Å²) in [5.41, 5.74) is 2.05. The van der Waals surface area contributed by atoms with Crippen molar-refractivity contribution >= 4 is 12.1 Å². The van der Waals surface area contributed by atoms with E-state index in [1.807, 2.05) is 54.6 Å². The smallest absolute Gasteiger partial charge is 0.407 e. The molecule has 1 heterocycles. The van der Waals surface area contributed by atoms with Gasteiger partial charge >= 0.3 is 12.1 Å². The van der Waals surface area contributed by atoms with E-state index in [0.717, 1.165) is 50.9 Å². The molecule has 6 nitrogen and oxygen atoms in total. The van der Waals surface area contributed by atoms with Crippen LogP contribution in [0.15, 0.2) is 67.3 Å². The number of hydrogen-bond acceptors (Lipinski definition) is 5. The third-order valence-electron chi connectivity index (χ3n) is 7.20. The lowest BCUT2D eigenvalue weighted by Gasteiger charge is -2.53. The second kappa shape index (κ2) is 10.9. The Morgan fingerprint density at radius 1 is 1.18 bits per heavy atom. The van der Waals surface area contributed by atoms with Gasteiger partial charge in [-0.1, -0.05) is 48.5 Å². The number of nitrogens with one attached hydrogen (secondary N) is 1. The Bertz CT molecular complexity index is 1010. The minimum atomic E-state index is -0.375. The summed E-state index contributed by atoms with van der Waals surface area (Å²) < 4.78 is 10.9. The van der Waals surface area contributed by atoms with E-state index in [2.05, 4.69) is 22.9 Å². The topological polar surface area (TPSA) is 67.9 Å². The Balaban J connectivity index is 1.50. The first kappa shape index (κ1) is 24.0. The van der Waals surface area contributed by atoms with E-state index < -0.39 is 0 Å². The van der Waals surface area contributed by atoms with Gasteiger partial charge in [-0.05, 0) is 61.4 Å². The molecular weight excluding hydrogens is 428 g/mol. The molecule has 180 valence electrons. The summed E-state index contributed by atoms with van der Waals surface area (Å²) in [5, 5.41) is 3.12. The van der Waals surface area contributed by atoms with Crippen LogP contribution in [0, 0.1) is 5.92 Å². The SMILES string of the molecule is C=CCN1CC[C@@]2(c3cccc(OC(C)=O)c3)C[C@@H](NC(=O)OCc3ccccc3)CC[C@@H]2C1. The van der Waals surface area contributed by atoms with Crippen LogP contribution < -0.4 is 10.1 Å². The lowest BCUT2D eigenvalue weighted by Crippen LogP contribution is -2.56. The van der Waals surface area contributed by atoms with Crippen molar-refractivity contribution in [2.45, 2.75) is 50.7 Å².